The van der Waals surface area contributed by atoms with Gasteiger partial charge >= 0.3 is 10.3 Å². The Kier molecular flexibility index (Phi) is 7.34. The standard InChI is InChI=1S/C18H20BrFN2O4S/c1-13(2)22(27(24,25)26-17-8-6-16(20)7-9-17)12-18(23)21-11-14-4-3-5-15(19)10-14/h3-10,13H,11-12H2,1-2H3,(H,21,23). The van der Waals surface area contributed by atoms with Gasteiger partial charge in [-0.25, -0.2) is 4.39 Å². The van der Waals surface area contributed by atoms with Gasteiger partial charge in [0.1, 0.15) is 11.6 Å². The van der Waals surface area contributed by atoms with Crippen LogP contribution >= 0.6 is 15.9 Å². The first-order chi connectivity index (χ1) is 12.7. The summed E-state index contributed by atoms with van der Waals surface area (Å²) in [6.07, 6.45) is 0. The fourth-order valence-corrected chi connectivity index (χ4v) is 3.91. The lowest BCUT2D eigenvalue weighted by atomic mass is 10.2. The van der Waals surface area contributed by atoms with E-state index in [1.807, 2.05) is 24.3 Å². The molecule has 9 heteroatoms. The van der Waals surface area contributed by atoms with Crippen molar-refractivity contribution >= 4 is 32.1 Å². The van der Waals surface area contributed by atoms with Crippen LogP contribution in [-0.4, -0.2) is 31.2 Å². The zero-order valence-electron chi connectivity index (χ0n) is 14.9. The first-order valence-corrected chi connectivity index (χ1v) is 10.3. The monoisotopic (exact) mass is 458 g/mol. The minimum Gasteiger partial charge on any atom is -0.371 e. The molecular weight excluding hydrogens is 439 g/mol. The molecule has 0 unspecified atom stereocenters. The average Bonchev–Trinajstić information content (AvgIpc) is 2.59. The highest BCUT2D eigenvalue weighted by Crippen LogP contribution is 2.17. The highest BCUT2D eigenvalue weighted by Gasteiger charge is 2.29. The van der Waals surface area contributed by atoms with Gasteiger partial charge in [0, 0.05) is 17.1 Å². The zero-order chi connectivity index (χ0) is 20.0. The van der Waals surface area contributed by atoms with Crippen molar-refractivity contribution in [2.75, 3.05) is 6.54 Å². The molecule has 6 nitrogen and oxygen atoms in total. The maximum atomic E-state index is 13.0. The number of rotatable bonds is 8. The second kappa shape index (κ2) is 9.29. The number of nitrogens with zero attached hydrogens (tertiary/aromatic N) is 1. The van der Waals surface area contributed by atoms with Crippen molar-refractivity contribution < 1.29 is 21.8 Å². The van der Waals surface area contributed by atoms with Gasteiger partial charge in [0.25, 0.3) is 0 Å². The van der Waals surface area contributed by atoms with Crippen LogP contribution in [-0.2, 0) is 21.6 Å². The third-order valence-electron chi connectivity index (χ3n) is 3.56. The SMILES string of the molecule is CC(C)N(CC(=O)NCc1cccc(Br)c1)S(=O)(=O)Oc1ccc(F)cc1. The Labute approximate surface area is 166 Å². The van der Waals surface area contributed by atoms with E-state index in [4.69, 9.17) is 4.18 Å². The van der Waals surface area contributed by atoms with E-state index in [-0.39, 0.29) is 12.3 Å². The molecule has 0 bridgehead atoms. The van der Waals surface area contributed by atoms with Crippen LogP contribution < -0.4 is 9.50 Å². The van der Waals surface area contributed by atoms with Gasteiger partial charge in [-0.3, -0.25) is 4.79 Å². The minimum atomic E-state index is -4.23. The average molecular weight is 459 g/mol. The van der Waals surface area contributed by atoms with Gasteiger partial charge < -0.3 is 9.50 Å². The van der Waals surface area contributed by atoms with Crippen LogP contribution in [0.3, 0.4) is 0 Å². The second-order valence-electron chi connectivity index (χ2n) is 6.04. The smallest absolute Gasteiger partial charge is 0.371 e. The summed E-state index contributed by atoms with van der Waals surface area (Å²) in [5.41, 5.74) is 0.874. The van der Waals surface area contributed by atoms with E-state index in [1.54, 1.807) is 13.8 Å². The number of amides is 1. The molecule has 0 aliphatic rings. The van der Waals surface area contributed by atoms with Crippen molar-refractivity contribution in [3.63, 3.8) is 0 Å². The molecule has 27 heavy (non-hydrogen) atoms. The Bertz CT molecular complexity index is 888. The Morgan fingerprint density at radius 1 is 1.22 bits per heavy atom. The number of nitrogens with one attached hydrogen (secondary N) is 1. The summed E-state index contributed by atoms with van der Waals surface area (Å²) in [6, 6.07) is 11.5. The van der Waals surface area contributed by atoms with Crippen molar-refractivity contribution in [3.05, 3.63) is 64.4 Å². The summed E-state index contributed by atoms with van der Waals surface area (Å²) in [4.78, 5) is 12.2. The summed E-state index contributed by atoms with van der Waals surface area (Å²) in [5.74, 6) is -1.00. The van der Waals surface area contributed by atoms with E-state index >= 15 is 0 Å². The largest absolute Gasteiger partial charge is 0.385 e. The number of hydrogen-bond donors (Lipinski definition) is 1. The highest BCUT2D eigenvalue weighted by molar-refractivity contribution is 9.10. The fraction of sp³-hybridized carbons (Fsp3) is 0.278. The Balaban J connectivity index is 2.02. The lowest BCUT2D eigenvalue weighted by molar-refractivity contribution is -0.121. The number of hydrogen-bond acceptors (Lipinski definition) is 4. The van der Waals surface area contributed by atoms with Crippen LogP contribution in [0.25, 0.3) is 0 Å². The van der Waals surface area contributed by atoms with Crippen LogP contribution in [0.4, 0.5) is 4.39 Å². The predicted octanol–water partition coefficient (Wildman–Crippen LogP) is 3.24. The molecule has 146 valence electrons. The first-order valence-electron chi connectivity index (χ1n) is 8.15. The number of carbonyl (C=O) groups excluding carboxylic acids is 1. The Morgan fingerprint density at radius 3 is 2.48 bits per heavy atom. The van der Waals surface area contributed by atoms with E-state index in [2.05, 4.69) is 21.2 Å². The van der Waals surface area contributed by atoms with Crippen LogP contribution in [0.2, 0.25) is 0 Å². The van der Waals surface area contributed by atoms with Gasteiger partial charge in [-0.15, -0.1) is 0 Å². The van der Waals surface area contributed by atoms with Crippen molar-refractivity contribution in [2.45, 2.75) is 26.4 Å². The fourth-order valence-electron chi connectivity index (χ4n) is 2.22. The number of carbonyl (C=O) groups is 1. The van der Waals surface area contributed by atoms with Crippen molar-refractivity contribution in [1.82, 2.24) is 9.62 Å². The molecule has 0 radical (unpaired) electrons. The van der Waals surface area contributed by atoms with Gasteiger partial charge in [-0.05, 0) is 55.8 Å². The Morgan fingerprint density at radius 2 is 1.89 bits per heavy atom. The first kappa shape index (κ1) is 21.3. The van der Waals surface area contributed by atoms with Crippen LogP contribution in [0.1, 0.15) is 19.4 Å². The topological polar surface area (TPSA) is 75.7 Å². The quantitative estimate of drug-likeness (QED) is 0.658. The maximum absolute atomic E-state index is 13.0. The molecule has 2 aromatic carbocycles. The maximum Gasteiger partial charge on any atom is 0.385 e. The molecule has 0 fully saturated rings. The molecule has 0 spiro atoms. The van der Waals surface area contributed by atoms with E-state index in [0.717, 1.165) is 26.5 Å². The minimum absolute atomic E-state index is 0.0309. The molecule has 0 atom stereocenters. The van der Waals surface area contributed by atoms with Gasteiger partial charge in [-0.1, -0.05) is 28.1 Å². The summed E-state index contributed by atoms with van der Waals surface area (Å²) < 4.78 is 44.8. The normalized spacial score (nSPS) is 11.6. The molecule has 0 saturated carbocycles. The van der Waals surface area contributed by atoms with E-state index in [0.29, 0.717) is 0 Å². The summed E-state index contributed by atoms with van der Waals surface area (Å²) in [6.45, 7) is 3.14. The number of benzene rings is 2. The second-order valence-corrected chi connectivity index (χ2v) is 8.45. The lowest BCUT2D eigenvalue weighted by Gasteiger charge is -2.24. The summed E-state index contributed by atoms with van der Waals surface area (Å²) >= 11 is 3.35. The van der Waals surface area contributed by atoms with E-state index in [9.17, 15) is 17.6 Å². The molecular formula is C18H20BrFN2O4S. The lowest BCUT2D eigenvalue weighted by Crippen LogP contribution is -2.45. The molecule has 1 N–H and O–H groups in total. The van der Waals surface area contributed by atoms with Crippen molar-refractivity contribution in [1.29, 1.82) is 0 Å². The molecule has 0 saturated heterocycles. The Hall–Kier alpha value is -1.97. The van der Waals surface area contributed by atoms with Crippen LogP contribution in [0.15, 0.2) is 53.0 Å². The summed E-state index contributed by atoms with van der Waals surface area (Å²) in [7, 11) is -4.23. The predicted molar refractivity (Wildman–Crippen MR) is 104 cm³/mol. The third kappa shape index (κ3) is 6.60. The molecule has 0 aliphatic carbocycles. The van der Waals surface area contributed by atoms with Crippen LogP contribution in [0.5, 0.6) is 5.75 Å². The molecule has 0 aliphatic heterocycles. The van der Waals surface area contributed by atoms with Crippen molar-refractivity contribution in [3.8, 4) is 5.75 Å². The zero-order valence-corrected chi connectivity index (χ0v) is 17.3. The third-order valence-corrected chi connectivity index (χ3v) is 5.58. The van der Waals surface area contributed by atoms with Gasteiger partial charge in [0.15, 0.2) is 0 Å². The van der Waals surface area contributed by atoms with Gasteiger partial charge in [-0.2, -0.15) is 12.7 Å². The van der Waals surface area contributed by atoms with Crippen molar-refractivity contribution in [2.24, 2.45) is 0 Å². The molecule has 1 amide bonds. The number of halogens is 2. The molecule has 2 aromatic rings. The molecule has 0 aromatic heterocycles. The van der Waals surface area contributed by atoms with E-state index < -0.39 is 34.6 Å². The highest BCUT2D eigenvalue weighted by atomic mass is 79.9. The van der Waals surface area contributed by atoms with E-state index in [1.165, 1.54) is 12.1 Å². The summed E-state index contributed by atoms with van der Waals surface area (Å²) in [5, 5.41) is 2.68. The molecule has 0 heterocycles. The molecule has 2 rings (SSSR count). The van der Waals surface area contributed by atoms with Gasteiger partial charge in [0.2, 0.25) is 5.91 Å². The van der Waals surface area contributed by atoms with Gasteiger partial charge in [0.05, 0.1) is 6.54 Å². The van der Waals surface area contributed by atoms with Crippen LogP contribution in [0, 0.1) is 5.82 Å².